The zero-order valence-corrected chi connectivity index (χ0v) is 12.1. The molecule has 0 spiro atoms. The number of amides is 1. The van der Waals surface area contributed by atoms with Crippen molar-refractivity contribution in [2.75, 3.05) is 13.7 Å². The lowest BCUT2D eigenvalue weighted by molar-refractivity contribution is -0.148. The number of rotatable bonds is 4. The molecule has 1 aliphatic carbocycles. The molecule has 1 N–H and O–H groups in total. The van der Waals surface area contributed by atoms with Crippen molar-refractivity contribution in [1.29, 1.82) is 0 Å². The van der Waals surface area contributed by atoms with Gasteiger partial charge in [-0.05, 0) is 30.9 Å². The molecule has 0 bridgehead atoms. The van der Waals surface area contributed by atoms with Gasteiger partial charge >= 0.3 is 5.97 Å². The van der Waals surface area contributed by atoms with E-state index in [0.717, 1.165) is 25.7 Å². The molecule has 2 rings (SSSR count). The van der Waals surface area contributed by atoms with Gasteiger partial charge in [0.25, 0.3) is 5.91 Å². The predicted molar refractivity (Wildman–Crippen MR) is 76.2 cm³/mol. The van der Waals surface area contributed by atoms with Crippen molar-refractivity contribution in [3.63, 3.8) is 0 Å². The summed E-state index contributed by atoms with van der Waals surface area (Å²) < 4.78 is 18.3. The standard InChI is InChI=1S/C16H20FNO3/c1-21-16(20)12-7-3-2-6-11(12)10-18-15(19)13-8-4-5-9-14(13)17/h4-5,8-9,11-12H,2-3,6-7,10H2,1H3,(H,18,19). The van der Waals surface area contributed by atoms with E-state index in [4.69, 9.17) is 4.74 Å². The topological polar surface area (TPSA) is 55.4 Å². The van der Waals surface area contributed by atoms with Crippen LogP contribution < -0.4 is 5.32 Å². The first kappa shape index (κ1) is 15.5. The highest BCUT2D eigenvalue weighted by Gasteiger charge is 2.31. The summed E-state index contributed by atoms with van der Waals surface area (Å²) in [6, 6.07) is 5.87. The summed E-state index contributed by atoms with van der Waals surface area (Å²) in [5.74, 6) is -1.32. The van der Waals surface area contributed by atoms with E-state index in [1.165, 1.54) is 19.2 Å². The lowest BCUT2D eigenvalue weighted by Gasteiger charge is -2.29. The number of methoxy groups -OCH3 is 1. The van der Waals surface area contributed by atoms with E-state index in [9.17, 15) is 14.0 Å². The number of ether oxygens (including phenoxy) is 1. The summed E-state index contributed by atoms with van der Waals surface area (Å²) in [6.07, 6.45) is 3.69. The first-order valence-electron chi connectivity index (χ1n) is 7.24. The van der Waals surface area contributed by atoms with Crippen LogP contribution in [0.2, 0.25) is 0 Å². The maximum atomic E-state index is 13.5. The Kier molecular flexibility index (Phi) is 5.31. The number of carbonyl (C=O) groups is 2. The Bertz CT molecular complexity index is 518. The Labute approximate surface area is 123 Å². The molecule has 0 aromatic heterocycles. The molecule has 1 aromatic rings. The summed E-state index contributed by atoms with van der Waals surface area (Å²) in [4.78, 5) is 23.7. The predicted octanol–water partition coefficient (Wildman–Crippen LogP) is 2.53. The number of hydrogen-bond acceptors (Lipinski definition) is 3. The summed E-state index contributed by atoms with van der Waals surface area (Å²) in [7, 11) is 1.38. The molecule has 4 nitrogen and oxygen atoms in total. The number of halogens is 1. The third kappa shape index (κ3) is 3.80. The van der Waals surface area contributed by atoms with Gasteiger partial charge < -0.3 is 10.1 Å². The number of nitrogens with one attached hydrogen (secondary N) is 1. The zero-order valence-electron chi connectivity index (χ0n) is 12.1. The summed E-state index contributed by atoms with van der Waals surface area (Å²) >= 11 is 0. The van der Waals surface area contributed by atoms with Crippen molar-refractivity contribution >= 4 is 11.9 Å². The van der Waals surface area contributed by atoms with Gasteiger partial charge in [-0.3, -0.25) is 9.59 Å². The molecule has 0 aliphatic heterocycles. The third-order valence-electron chi connectivity index (χ3n) is 4.06. The van der Waals surface area contributed by atoms with Gasteiger partial charge in [0.05, 0.1) is 18.6 Å². The smallest absolute Gasteiger partial charge is 0.309 e. The Morgan fingerprint density at radius 2 is 2.00 bits per heavy atom. The van der Waals surface area contributed by atoms with Crippen LogP contribution >= 0.6 is 0 Å². The Balaban J connectivity index is 1.96. The molecule has 0 heterocycles. The molecule has 21 heavy (non-hydrogen) atoms. The van der Waals surface area contributed by atoms with Crippen LogP contribution in [0, 0.1) is 17.7 Å². The minimum atomic E-state index is -0.539. The summed E-state index contributed by atoms with van der Waals surface area (Å²) in [5.41, 5.74) is 0.0305. The van der Waals surface area contributed by atoms with Crippen LogP contribution in [0.4, 0.5) is 4.39 Å². The van der Waals surface area contributed by atoms with Crippen molar-refractivity contribution in [1.82, 2.24) is 5.32 Å². The van der Waals surface area contributed by atoms with Crippen molar-refractivity contribution in [2.24, 2.45) is 11.8 Å². The highest BCUT2D eigenvalue weighted by atomic mass is 19.1. The molecule has 1 aromatic carbocycles. The fourth-order valence-corrected chi connectivity index (χ4v) is 2.88. The second-order valence-electron chi connectivity index (χ2n) is 5.36. The van der Waals surface area contributed by atoms with Gasteiger partial charge in [-0.15, -0.1) is 0 Å². The Hall–Kier alpha value is -1.91. The average Bonchev–Trinajstić information content (AvgIpc) is 2.52. The quantitative estimate of drug-likeness (QED) is 0.868. The second-order valence-corrected chi connectivity index (χ2v) is 5.36. The number of benzene rings is 1. The lowest BCUT2D eigenvalue weighted by Crippen LogP contribution is -2.37. The van der Waals surface area contributed by atoms with E-state index in [-0.39, 0.29) is 23.4 Å². The zero-order chi connectivity index (χ0) is 15.2. The third-order valence-corrected chi connectivity index (χ3v) is 4.06. The molecule has 1 aliphatic rings. The fourth-order valence-electron chi connectivity index (χ4n) is 2.88. The highest BCUT2D eigenvalue weighted by Crippen LogP contribution is 2.30. The molecule has 5 heteroatoms. The van der Waals surface area contributed by atoms with Gasteiger partial charge in [-0.25, -0.2) is 4.39 Å². The van der Waals surface area contributed by atoms with Crippen LogP contribution in [-0.2, 0) is 9.53 Å². The number of carbonyl (C=O) groups excluding carboxylic acids is 2. The lowest BCUT2D eigenvalue weighted by atomic mass is 9.79. The Morgan fingerprint density at radius 1 is 1.29 bits per heavy atom. The molecular weight excluding hydrogens is 273 g/mol. The highest BCUT2D eigenvalue weighted by molar-refractivity contribution is 5.94. The van der Waals surface area contributed by atoms with Crippen molar-refractivity contribution in [3.8, 4) is 0 Å². The van der Waals surface area contributed by atoms with Crippen LogP contribution in [0.5, 0.6) is 0 Å². The number of esters is 1. The van der Waals surface area contributed by atoms with Crippen molar-refractivity contribution < 1.29 is 18.7 Å². The molecule has 0 saturated heterocycles. The van der Waals surface area contributed by atoms with Gasteiger partial charge in [0.15, 0.2) is 0 Å². The molecule has 1 amide bonds. The van der Waals surface area contributed by atoms with E-state index in [1.807, 2.05) is 0 Å². The fraction of sp³-hybridized carbons (Fsp3) is 0.500. The van der Waals surface area contributed by atoms with E-state index in [2.05, 4.69) is 5.32 Å². The van der Waals surface area contributed by atoms with Crippen LogP contribution in [0.15, 0.2) is 24.3 Å². The molecule has 114 valence electrons. The SMILES string of the molecule is COC(=O)C1CCCCC1CNC(=O)c1ccccc1F. The van der Waals surface area contributed by atoms with Gasteiger partial charge in [-0.1, -0.05) is 25.0 Å². The molecule has 1 fully saturated rings. The van der Waals surface area contributed by atoms with Crippen LogP contribution in [0.1, 0.15) is 36.0 Å². The van der Waals surface area contributed by atoms with Gasteiger partial charge in [0.1, 0.15) is 5.82 Å². The van der Waals surface area contributed by atoms with Crippen LogP contribution in [-0.4, -0.2) is 25.5 Å². The summed E-state index contributed by atoms with van der Waals surface area (Å²) in [5, 5.41) is 2.73. The molecule has 2 unspecified atom stereocenters. The van der Waals surface area contributed by atoms with Gasteiger partial charge in [0.2, 0.25) is 0 Å². The maximum absolute atomic E-state index is 13.5. The minimum Gasteiger partial charge on any atom is -0.469 e. The molecule has 0 radical (unpaired) electrons. The van der Waals surface area contributed by atoms with Gasteiger partial charge in [0, 0.05) is 6.54 Å². The largest absolute Gasteiger partial charge is 0.469 e. The monoisotopic (exact) mass is 293 g/mol. The summed E-state index contributed by atoms with van der Waals surface area (Å²) in [6.45, 7) is 0.368. The minimum absolute atomic E-state index is 0.0305. The van der Waals surface area contributed by atoms with E-state index in [0.29, 0.717) is 6.54 Å². The van der Waals surface area contributed by atoms with Gasteiger partial charge in [-0.2, -0.15) is 0 Å². The first-order valence-corrected chi connectivity index (χ1v) is 7.24. The second kappa shape index (κ2) is 7.20. The average molecular weight is 293 g/mol. The van der Waals surface area contributed by atoms with Crippen LogP contribution in [0.25, 0.3) is 0 Å². The van der Waals surface area contributed by atoms with Crippen molar-refractivity contribution in [3.05, 3.63) is 35.6 Å². The van der Waals surface area contributed by atoms with E-state index < -0.39 is 11.7 Å². The molecule has 1 saturated carbocycles. The van der Waals surface area contributed by atoms with Crippen molar-refractivity contribution in [2.45, 2.75) is 25.7 Å². The maximum Gasteiger partial charge on any atom is 0.309 e. The van der Waals surface area contributed by atoms with E-state index >= 15 is 0 Å². The van der Waals surface area contributed by atoms with E-state index in [1.54, 1.807) is 12.1 Å². The first-order chi connectivity index (χ1) is 10.1. The Morgan fingerprint density at radius 3 is 2.71 bits per heavy atom. The molecular formula is C16H20FNO3. The van der Waals surface area contributed by atoms with Crippen LogP contribution in [0.3, 0.4) is 0 Å². The molecule has 2 atom stereocenters. The normalized spacial score (nSPS) is 21.6. The number of hydrogen-bond donors (Lipinski definition) is 1.